The monoisotopic (exact) mass is 623 g/mol. The average Bonchev–Trinajstić information content (AvgIpc) is 1.37. The first-order chi connectivity index (χ1) is 1.91. The molecule has 0 aliphatic carbocycles. The second kappa shape index (κ2) is 35.7. The molecule has 0 radical (unpaired) electrons. The van der Waals surface area contributed by atoms with E-state index in [0.29, 0.717) is 0 Å². The van der Waals surface area contributed by atoms with Crippen LogP contribution in [0.4, 0.5) is 0 Å². The molecule has 3 heteroatoms. The van der Waals surface area contributed by atoms with Crippen LogP contribution in [0.2, 0.25) is 0 Å². The van der Waals surface area contributed by atoms with Crippen molar-refractivity contribution in [2.75, 3.05) is 0 Å². The van der Waals surface area contributed by atoms with Crippen molar-refractivity contribution < 1.29 is 63.2 Å². The first-order valence-electron chi connectivity index (χ1n) is 1.50. The predicted molar refractivity (Wildman–Crippen MR) is 26.4 cm³/mol. The molecular weight excluding hydrogens is 612 g/mol. The van der Waals surface area contributed by atoms with Crippen LogP contribution in [-0.4, -0.2) is 0 Å². The number of rotatable bonds is 1. The summed E-state index contributed by atoms with van der Waals surface area (Å²) in [4.78, 5) is 0. The van der Waals surface area contributed by atoms with E-state index in [0.717, 1.165) is 12.8 Å². The molecule has 0 bridgehead atoms. The normalized spacial score (nSPS) is 3.75. The maximum Gasteiger partial charge on any atom is 2.00 e. The molecule has 0 nitrogen and oxygen atoms in total. The maximum atomic E-state index is 3.54. The predicted octanol–water partition coefficient (Wildman–Crippen LogP) is 1.88. The van der Waals surface area contributed by atoms with E-state index in [1.807, 2.05) is 0 Å². The van der Waals surface area contributed by atoms with E-state index >= 15 is 0 Å². The third-order valence-electron chi connectivity index (χ3n) is 0.250. The Labute approximate surface area is 96.4 Å². The molecule has 0 N–H and O–H groups in total. The molecule has 0 amide bonds. The first kappa shape index (κ1) is 32.2. The molecule has 8 heavy (non-hydrogen) atoms. The SMILES string of the molecule is [CH2-]CC[CH2-].[CH3-].[W+2].[W].[W]. The van der Waals surface area contributed by atoms with Crippen LogP contribution < -0.4 is 0 Å². The Morgan fingerprint density at radius 1 is 0.875 bits per heavy atom. The summed E-state index contributed by atoms with van der Waals surface area (Å²) >= 11 is 0. The summed E-state index contributed by atoms with van der Waals surface area (Å²) in [6.45, 7) is 7.08. The standard InChI is InChI=1S/C4H8.CH3.3W/c1-3-4-2;;;;/h1-4H2;1H3;;;/q-2;-1;;;+2. The zero-order chi connectivity index (χ0) is 3.41. The molecule has 0 aliphatic rings. The molecule has 50 valence electrons. The fraction of sp³-hybridized carbons (Fsp3) is 0.400. The molecule has 0 aromatic heterocycles. The fourth-order valence-corrected chi connectivity index (χ4v) is 0. The van der Waals surface area contributed by atoms with Crippen LogP contribution in [0.25, 0.3) is 0 Å². The molecule has 0 saturated carbocycles. The number of hydrogen-bond donors (Lipinski definition) is 0. The van der Waals surface area contributed by atoms with Gasteiger partial charge < -0.3 is 21.3 Å². The van der Waals surface area contributed by atoms with Crippen molar-refractivity contribution in [1.82, 2.24) is 0 Å². The number of unbranched alkanes of at least 4 members (excludes halogenated alkanes) is 1. The van der Waals surface area contributed by atoms with Gasteiger partial charge in [-0.1, -0.05) is 0 Å². The van der Waals surface area contributed by atoms with Crippen molar-refractivity contribution in [2.24, 2.45) is 0 Å². The first-order valence-corrected chi connectivity index (χ1v) is 1.50. The van der Waals surface area contributed by atoms with Gasteiger partial charge in [0.2, 0.25) is 0 Å². The van der Waals surface area contributed by atoms with E-state index in [-0.39, 0.29) is 70.6 Å². The summed E-state index contributed by atoms with van der Waals surface area (Å²) in [5.41, 5.74) is 0. The minimum atomic E-state index is 0. The molecule has 0 rings (SSSR count). The molecule has 0 saturated heterocycles. The second-order valence-corrected chi connectivity index (χ2v) is 0.707. The van der Waals surface area contributed by atoms with Crippen molar-refractivity contribution in [2.45, 2.75) is 12.8 Å². The number of hydrogen-bond acceptors (Lipinski definition) is 0. The van der Waals surface area contributed by atoms with Crippen molar-refractivity contribution in [3.8, 4) is 0 Å². The largest absolute Gasteiger partial charge is 2.00 e. The Hall–Kier alpha value is 2.06. The summed E-state index contributed by atoms with van der Waals surface area (Å²) in [6, 6.07) is 0. The van der Waals surface area contributed by atoms with E-state index in [4.69, 9.17) is 0 Å². The summed E-state index contributed by atoms with van der Waals surface area (Å²) < 4.78 is 0. The molecule has 0 heterocycles. The molecule has 0 fully saturated rings. The van der Waals surface area contributed by atoms with Gasteiger partial charge in [-0.05, 0) is 0 Å². The van der Waals surface area contributed by atoms with E-state index in [1.165, 1.54) is 0 Å². The maximum absolute atomic E-state index is 3.54. The van der Waals surface area contributed by atoms with E-state index in [9.17, 15) is 0 Å². The van der Waals surface area contributed by atoms with Gasteiger partial charge in [0.15, 0.2) is 0 Å². The fourth-order valence-electron chi connectivity index (χ4n) is 0. The third-order valence-corrected chi connectivity index (χ3v) is 0.250. The smallest absolute Gasteiger partial charge is 0.358 e. The minimum absolute atomic E-state index is 0. The Bertz CT molecular complexity index is 9.64. The summed E-state index contributed by atoms with van der Waals surface area (Å²) in [6.07, 6.45) is 1.92. The van der Waals surface area contributed by atoms with Crippen LogP contribution in [0.3, 0.4) is 0 Å². The van der Waals surface area contributed by atoms with Gasteiger partial charge in [0, 0.05) is 42.1 Å². The molecule has 0 aromatic carbocycles. The van der Waals surface area contributed by atoms with Gasteiger partial charge in [0.25, 0.3) is 0 Å². The van der Waals surface area contributed by atoms with Gasteiger partial charge in [-0.25, -0.2) is 12.8 Å². The third kappa shape index (κ3) is 42.9. The van der Waals surface area contributed by atoms with Crippen molar-refractivity contribution >= 4 is 0 Å². The topological polar surface area (TPSA) is 0 Å². The van der Waals surface area contributed by atoms with Crippen molar-refractivity contribution in [3.05, 3.63) is 21.3 Å². The van der Waals surface area contributed by atoms with Crippen LogP contribution in [-0.2, 0) is 63.2 Å². The van der Waals surface area contributed by atoms with Gasteiger partial charge in [-0.15, -0.1) is 0 Å². The van der Waals surface area contributed by atoms with Gasteiger partial charge >= 0.3 is 21.1 Å². The molecule has 0 aromatic rings. The molecular formula is C5H11W3-. The van der Waals surface area contributed by atoms with Crippen molar-refractivity contribution in [1.29, 1.82) is 0 Å². The van der Waals surface area contributed by atoms with Gasteiger partial charge in [0.05, 0.1) is 0 Å². The quantitative estimate of drug-likeness (QED) is 0.392. The van der Waals surface area contributed by atoms with Gasteiger partial charge in [-0.3, -0.25) is 0 Å². The Kier molecular flexibility index (Phi) is 144. The summed E-state index contributed by atoms with van der Waals surface area (Å²) in [5, 5.41) is 0. The second-order valence-electron chi connectivity index (χ2n) is 0.707. The van der Waals surface area contributed by atoms with Crippen molar-refractivity contribution in [3.63, 3.8) is 0 Å². The average molecular weight is 623 g/mol. The summed E-state index contributed by atoms with van der Waals surface area (Å²) in [5.74, 6) is 0. The van der Waals surface area contributed by atoms with E-state index in [1.54, 1.807) is 0 Å². The Morgan fingerprint density at radius 2 is 1.00 bits per heavy atom. The Balaban J connectivity index is -0.00000000750. The van der Waals surface area contributed by atoms with Crippen LogP contribution >= 0.6 is 0 Å². The van der Waals surface area contributed by atoms with Crippen LogP contribution in [0.1, 0.15) is 12.8 Å². The summed E-state index contributed by atoms with van der Waals surface area (Å²) in [7, 11) is 0. The molecule has 0 unspecified atom stereocenters. The zero-order valence-corrected chi connectivity index (χ0v) is 13.9. The molecule has 0 atom stereocenters. The van der Waals surface area contributed by atoms with Crippen LogP contribution in [0.5, 0.6) is 0 Å². The van der Waals surface area contributed by atoms with E-state index in [2.05, 4.69) is 13.8 Å². The van der Waals surface area contributed by atoms with Crippen LogP contribution in [0, 0.1) is 21.3 Å². The molecule has 0 aliphatic heterocycles. The molecule has 0 spiro atoms. The Morgan fingerprint density at radius 3 is 1.00 bits per heavy atom. The minimum Gasteiger partial charge on any atom is -0.358 e. The van der Waals surface area contributed by atoms with Crippen LogP contribution in [0.15, 0.2) is 0 Å². The van der Waals surface area contributed by atoms with E-state index < -0.39 is 0 Å². The van der Waals surface area contributed by atoms with Gasteiger partial charge in [-0.2, -0.15) is 0 Å². The zero-order valence-electron chi connectivity index (χ0n) is 5.05. The van der Waals surface area contributed by atoms with Gasteiger partial charge in [0.1, 0.15) is 0 Å².